The van der Waals surface area contributed by atoms with E-state index in [1.165, 1.54) is 18.2 Å². The molecule has 1 saturated heterocycles. The molecule has 0 unspecified atom stereocenters. The Balaban J connectivity index is 1.88. The number of fused-ring (bicyclic) bond motifs is 1. The topological polar surface area (TPSA) is 51.5 Å². The summed E-state index contributed by atoms with van der Waals surface area (Å²) >= 11 is 0. The minimum atomic E-state index is -1.02. The molecule has 1 fully saturated rings. The van der Waals surface area contributed by atoms with Gasteiger partial charge in [0.05, 0.1) is 11.1 Å². The highest BCUT2D eigenvalue weighted by atomic mass is 19.1. The number of benzene rings is 3. The molecule has 0 aliphatic carbocycles. The molecule has 0 radical (unpaired) electrons. The number of halogens is 2. The third kappa shape index (κ3) is 3.80. The van der Waals surface area contributed by atoms with Crippen molar-refractivity contribution in [1.29, 1.82) is 0 Å². The van der Waals surface area contributed by atoms with Gasteiger partial charge in [0, 0.05) is 41.5 Å². The molecule has 1 aliphatic heterocycles. The SMILES string of the molecule is Cc1cc(-n2c(C3CCOCC3)c(-c3cccc(C(=O)O)c3)c3cc(F)ccc32)ccc1F. The van der Waals surface area contributed by atoms with Gasteiger partial charge >= 0.3 is 5.97 Å². The Bertz CT molecular complexity index is 1370. The number of aromatic carboxylic acids is 1. The number of hydrogen-bond donors (Lipinski definition) is 1. The smallest absolute Gasteiger partial charge is 0.335 e. The fourth-order valence-corrected chi connectivity index (χ4v) is 4.80. The van der Waals surface area contributed by atoms with Crippen molar-refractivity contribution in [1.82, 2.24) is 4.57 Å². The van der Waals surface area contributed by atoms with Gasteiger partial charge in [-0.2, -0.15) is 0 Å². The van der Waals surface area contributed by atoms with Crippen molar-refractivity contribution in [3.8, 4) is 16.8 Å². The van der Waals surface area contributed by atoms with E-state index >= 15 is 0 Å². The van der Waals surface area contributed by atoms with Crippen LogP contribution in [0.15, 0.2) is 60.7 Å². The van der Waals surface area contributed by atoms with Gasteiger partial charge in [0.25, 0.3) is 0 Å². The zero-order valence-corrected chi connectivity index (χ0v) is 18.1. The van der Waals surface area contributed by atoms with E-state index in [2.05, 4.69) is 4.57 Å². The van der Waals surface area contributed by atoms with Crippen LogP contribution in [0.1, 0.15) is 40.4 Å². The van der Waals surface area contributed by atoms with Crippen LogP contribution in [-0.2, 0) is 4.74 Å². The normalized spacial score (nSPS) is 14.6. The number of carboxylic acids is 1. The highest BCUT2D eigenvalue weighted by molar-refractivity contribution is 6.01. The van der Waals surface area contributed by atoms with E-state index in [4.69, 9.17) is 4.74 Å². The summed E-state index contributed by atoms with van der Waals surface area (Å²) < 4.78 is 36.2. The summed E-state index contributed by atoms with van der Waals surface area (Å²) in [5.74, 6) is -1.57. The van der Waals surface area contributed by atoms with Crippen molar-refractivity contribution < 1.29 is 23.4 Å². The van der Waals surface area contributed by atoms with E-state index in [1.807, 2.05) is 6.07 Å². The monoisotopic (exact) mass is 447 g/mol. The number of carboxylic acid groups (broad SMARTS) is 1. The lowest BCUT2D eigenvalue weighted by Crippen LogP contribution is -2.17. The van der Waals surface area contributed by atoms with Gasteiger partial charge in [0.1, 0.15) is 11.6 Å². The first-order valence-corrected chi connectivity index (χ1v) is 11.0. The lowest BCUT2D eigenvalue weighted by Gasteiger charge is -2.26. The molecule has 1 aliphatic rings. The Labute approximate surface area is 190 Å². The van der Waals surface area contributed by atoms with Crippen molar-refractivity contribution in [2.24, 2.45) is 0 Å². The Kier molecular flexibility index (Phi) is 5.46. The van der Waals surface area contributed by atoms with Crippen LogP contribution in [0, 0.1) is 18.6 Å². The second-order valence-corrected chi connectivity index (χ2v) is 8.46. The van der Waals surface area contributed by atoms with Crippen LogP contribution in [0.25, 0.3) is 27.7 Å². The predicted octanol–water partition coefficient (Wildman–Crippen LogP) is 6.48. The Morgan fingerprint density at radius 3 is 2.55 bits per heavy atom. The van der Waals surface area contributed by atoms with Crippen molar-refractivity contribution >= 4 is 16.9 Å². The van der Waals surface area contributed by atoms with E-state index in [-0.39, 0.29) is 23.1 Å². The summed E-state index contributed by atoms with van der Waals surface area (Å²) in [5, 5.41) is 10.2. The number of hydrogen-bond acceptors (Lipinski definition) is 2. The molecule has 5 rings (SSSR count). The maximum absolute atomic E-state index is 14.5. The predicted molar refractivity (Wildman–Crippen MR) is 123 cm³/mol. The molecule has 4 nitrogen and oxygen atoms in total. The van der Waals surface area contributed by atoms with Gasteiger partial charge in [-0.3, -0.25) is 0 Å². The van der Waals surface area contributed by atoms with Crippen LogP contribution in [0.5, 0.6) is 0 Å². The molecule has 0 spiro atoms. The molecule has 6 heteroatoms. The van der Waals surface area contributed by atoms with Gasteiger partial charge in [-0.15, -0.1) is 0 Å². The van der Waals surface area contributed by atoms with E-state index in [9.17, 15) is 18.7 Å². The Hall–Kier alpha value is -3.51. The molecule has 0 bridgehead atoms. The molecule has 0 atom stereocenters. The van der Waals surface area contributed by atoms with Crippen molar-refractivity contribution in [2.45, 2.75) is 25.7 Å². The van der Waals surface area contributed by atoms with E-state index < -0.39 is 5.97 Å². The first-order chi connectivity index (χ1) is 15.9. The molecule has 2 heterocycles. The third-order valence-electron chi connectivity index (χ3n) is 6.37. The summed E-state index contributed by atoms with van der Waals surface area (Å²) in [6.07, 6.45) is 1.56. The van der Waals surface area contributed by atoms with E-state index in [0.29, 0.717) is 29.7 Å². The molecule has 4 aromatic rings. The fraction of sp³-hybridized carbons (Fsp3) is 0.222. The zero-order valence-electron chi connectivity index (χ0n) is 18.1. The van der Waals surface area contributed by atoms with Gasteiger partial charge in [-0.1, -0.05) is 12.1 Å². The third-order valence-corrected chi connectivity index (χ3v) is 6.37. The lowest BCUT2D eigenvalue weighted by atomic mass is 9.89. The van der Waals surface area contributed by atoms with Gasteiger partial charge < -0.3 is 14.4 Å². The molecule has 1 N–H and O–H groups in total. The highest BCUT2D eigenvalue weighted by Crippen LogP contribution is 2.44. The average molecular weight is 447 g/mol. The molecule has 33 heavy (non-hydrogen) atoms. The summed E-state index contributed by atoms with van der Waals surface area (Å²) in [5.41, 5.74) is 4.75. The van der Waals surface area contributed by atoms with Crippen LogP contribution < -0.4 is 0 Å². The second kappa shape index (κ2) is 8.45. The van der Waals surface area contributed by atoms with Crippen LogP contribution in [0.4, 0.5) is 8.78 Å². The van der Waals surface area contributed by atoms with Crippen LogP contribution >= 0.6 is 0 Å². The number of ether oxygens (including phenoxy) is 1. The molecule has 0 saturated carbocycles. The Morgan fingerprint density at radius 1 is 1.03 bits per heavy atom. The van der Waals surface area contributed by atoms with Crippen molar-refractivity contribution in [2.75, 3.05) is 13.2 Å². The number of aryl methyl sites for hydroxylation is 1. The largest absolute Gasteiger partial charge is 0.478 e. The minimum Gasteiger partial charge on any atom is -0.478 e. The first kappa shape index (κ1) is 21.3. The second-order valence-electron chi connectivity index (χ2n) is 8.46. The summed E-state index contributed by atoms with van der Waals surface area (Å²) in [4.78, 5) is 11.7. The number of nitrogens with zero attached hydrogens (tertiary/aromatic N) is 1. The molecule has 3 aromatic carbocycles. The summed E-state index contributed by atoms with van der Waals surface area (Å²) in [6.45, 7) is 2.94. The standard InChI is InChI=1S/C27H23F2NO3/c1-16-13-21(6-7-23(16)29)30-24-8-5-20(28)15-22(24)25(26(30)17-9-11-33-12-10-17)18-3-2-4-19(14-18)27(31)32/h2-8,13-15,17H,9-12H2,1H3,(H,31,32). The number of carbonyl (C=O) groups is 1. The molecular weight excluding hydrogens is 424 g/mol. The van der Waals surface area contributed by atoms with Gasteiger partial charge in [-0.05, 0) is 79.4 Å². The molecular formula is C27H23F2NO3. The maximum atomic E-state index is 14.5. The molecule has 168 valence electrons. The van der Waals surface area contributed by atoms with Gasteiger partial charge in [-0.25, -0.2) is 13.6 Å². The van der Waals surface area contributed by atoms with Crippen molar-refractivity contribution in [3.05, 3.63) is 89.1 Å². The zero-order chi connectivity index (χ0) is 23.1. The van der Waals surface area contributed by atoms with Gasteiger partial charge in [0.2, 0.25) is 0 Å². The van der Waals surface area contributed by atoms with Crippen molar-refractivity contribution in [3.63, 3.8) is 0 Å². The van der Waals surface area contributed by atoms with Gasteiger partial charge in [0.15, 0.2) is 0 Å². The molecule has 0 amide bonds. The summed E-state index contributed by atoms with van der Waals surface area (Å²) in [7, 11) is 0. The average Bonchev–Trinajstić information content (AvgIpc) is 3.15. The maximum Gasteiger partial charge on any atom is 0.335 e. The number of aromatic nitrogens is 1. The number of rotatable bonds is 4. The quantitative estimate of drug-likeness (QED) is 0.390. The lowest BCUT2D eigenvalue weighted by molar-refractivity contribution is 0.0697. The first-order valence-electron chi connectivity index (χ1n) is 11.0. The highest BCUT2D eigenvalue weighted by Gasteiger charge is 2.28. The summed E-state index contributed by atoms with van der Waals surface area (Å²) in [6, 6.07) is 16.3. The van der Waals surface area contributed by atoms with E-state index in [1.54, 1.807) is 43.3 Å². The van der Waals surface area contributed by atoms with Crippen LogP contribution in [0.2, 0.25) is 0 Å². The molecule has 1 aromatic heterocycles. The van der Waals surface area contributed by atoms with E-state index in [0.717, 1.165) is 35.3 Å². The minimum absolute atomic E-state index is 0.114. The van der Waals surface area contributed by atoms with Crippen LogP contribution in [-0.4, -0.2) is 28.9 Å². The Morgan fingerprint density at radius 2 is 1.82 bits per heavy atom. The fourth-order valence-electron chi connectivity index (χ4n) is 4.80. The van der Waals surface area contributed by atoms with Crippen LogP contribution in [0.3, 0.4) is 0 Å².